The molecule has 0 unspecified atom stereocenters. The normalized spacial score (nSPS) is 15.3. The summed E-state index contributed by atoms with van der Waals surface area (Å²) >= 11 is 0. The fourth-order valence-corrected chi connectivity index (χ4v) is 3.91. The van der Waals surface area contributed by atoms with Crippen LogP contribution >= 0.6 is 0 Å². The molecule has 0 saturated carbocycles. The lowest BCUT2D eigenvalue weighted by atomic mass is 10.1. The number of benzene rings is 2. The van der Waals surface area contributed by atoms with E-state index in [0.717, 1.165) is 60.7 Å². The second kappa shape index (κ2) is 10.6. The maximum Gasteiger partial charge on any atom is 0.234 e. The first-order valence-electron chi connectivity index (χ1n) is 11.4. The molecule has 2 aromatic carbocycles. The Labute approximate surface area is 189 Å². The van der Waals surface area contributed by atoms with Crippen LogP contribution in [0.1, 0.15) is 31.4 Å². The molecule has 32 heavy (non-hydrogen) atoms. The number of aromatic nitrogens is 2. The molecule has 3 aromatic rings. The minimum absolute atomic E-state index is 0.0643. The molecule has 2 heterocycles. The summed E-state index contributed by atoms with van der Waals surface area (Å²) in [4.78, 5) is 25.1. The second-order valence-corrected chi connectivity index (χ2v) is 8.65. The van der Waals surface area contributed by atoms with E-state index in [-0.39, 0.29) is 12.0 Å². The summed E-state index contributed by atoms with van der Waals surface area (Å²) in [5, 5.41) is 3.05. The van der Waals surface area contributed by atoms with Crippen molar-refractivity contribution in [1.29, 1.82) is 0 Å². The first kappa shape index (κ1) is 22.3. The second-order valence-electron chi connectivity index (χ2n) is 8.65. The van der Waals surface area contributed by atoms with Gasteiger partial charge in [0.05, 0.1) is 30.3 Å². The zero-order valence-electron chi connectivity index (χ0n) is 19.0. The zero-order valence-corrected chi connectivity index (χ0v) is 19.0. The Morgan fingerprint density at radius 2 is 1.84 bits per heavy atom. The largest absolute Gasteiger partial charge is 0.374 e. The number of carbonyl (C=O) groups excluding carboxylic acids is 1. The van der Waals surface area contributed by atoms with Gasteiger partial charge in [0.25, 0.3) is 0 Å². The van der Waals surface area contributed by atoms with Crippen LogP contribution in [-0.2, 0) is 22.7 Å². The predicted molar refractivity (Wildman–Crippen MR) is 128 cm³/mol. The van der Waals surface area contributed by atoms with Crippen LogP contribution in [0, 0.1) is 0 Å². The number of fused-ring (bicyclic) bond motifs is 1. The van der Waals surface area contributed by atoms with E-state index in [9.17, 15) is 4.79 Å². The van der Waals surface area contributed by atoms with Crippen LogP contribution in [0.2, 0.25) is 0 Å². The molecule has 0 atom stereocenters. The lowest BCUT2D eigenvalue weighted by molar-refractivity contribution is -0.122. The van der Waals surface area contributed by atoms with Gasteiger partial charge in [0.1, 0.15) is 0 Å². The summed E-state index contributed by atoms with van der Waals surface area (Å²) < 4.78 is 5.63. The summed E-state index contributed by atoms with van der Waals surface area (Å²) in [6, 6.07) is 16.3. The number of nitrogens with one attached hydrogen (secondary N) is 2. The molecule has 7 nitrogen and oxygen atoms in total. The lowest BCUT2D eigenvalue weighted by Crippen LogP contribution is -2.39. The average molecular weight is 436 g/mol. The highest BCUT2D eigenvalue weighted by molar-refractivity contribution is 5.78. The van der Waals surface area contributed by atoms with E-state index in [1.165, 1.54) is 0 Å². The maximum atomic E-state index is 12.5. The summed E-state index contributed by atoms with van der Waals surface area (Å²) in [5.74, 6) is 0.981. The molecule has 0 aliphatic carbocycles. The van der Waals surface area contributed by atoms with Gasteiger partial charge in [0, 0.05) is 32.7 Å². The van der Waals surface area contributed by atoms with Gasteiger partial charge in [0.15, 0.2) is 0 Å². The van der Waals surface area contributed by atoms with Gasteiger partial charge in [-0.2, -0.15) is 0 Å². The van der Waals surface area contributed by atoms with E-state index < -0.39 is 0 Å². The van der Waals surface area contributed by atoms with E-state index >= 15 is 0 Å². The summed E-state index contributed by atoms with van der Waals surface area (Å²) in [6.07, 6.45) is 1.23. The van der Waals surface area contributed by atoms with Gasteiger partial charge >= 0.3 is 0 Å². The van der Waals surface area contributed by atoms with Crippen LogP contribution in [0.5, 0.6) is 0 Å². The average Bonchev–Trinajstić information content (AvgIpc) is 3.09. The van der Waals surface area contributed by atoms with Crippen LogP contribution in [0.25, 0.3) is 11.0 Å². The number of hydrogen-bond acceptors (Lipinski definition) is 5. The fraction of sp³-hybridized carbons (Fsp3) is 0.440. The number of carbonyl (C=O) groups is 1. The standard InChI is InChI=1S/C25H33N5O2/c1-19(2)32-18-21-10-8-20(9-11-21)16-26-24(31)17-29-12-5-13-30(15-14-29)25-27-22-6-3-4-7-23(22)28-25/h3-4,6-11,19H,5,12-18H2,1-2H3,(H,26,31)(H,27,28). The van der Waals surface area contributed by atoms with E-state index in [2.05, 4.69) is 44.4 Å². The molecule has 1 aliphatic heterocycles. The van der Waals surface area contributed by atoms with Crippen LogP contribution in [0.15, 0.2) is 48.5 Å². The molecule has 7 heteroatoms. The predicted octanol–water partition coefficient (Wildman–Crippen LogP) is 3.32. The monoisotopic (exact) mass is 435 g/mol. The van der Waals surface area contributed by atoms with Crippen molar-refractivity contribution >= 4 is 22.9 Å². The topological polar surface area (TPSA) is 73.5 Å². The molecule has 1 aromatic heterocycles. The number of para-hydroxylation sites is 2. The third-order valence-corrected chi connectivity index (χ3v) is 5.73. The van der Waals surface area contributed by atoms with E-state index in [4.69, 9.17) is 9.72 Å². The highest BCUT2D eigenvalue weighted by Gasteiger charge is 2.19. The van der Waals surface area contributed by atoms with Gasteiger partial charge in [-0.1, -0.05) is 36.4 Å². The molecular formula is C25H33N5O2. The third kappa shape index (κ3) is 6.08. The van der Waals surface area contributed by atoms with Gasteiger partial charge in [-0.15, -0.1) is 0 Å². The minimum Gasteiger partial charge on any atom is -0.374 e. The van der Waals surface area contributed by atoms with Gasteiger partial charge in [-0.25, -0.2) is 4.98 Å². The van der Waals surface area contributed by atoms with Crippen LogP contribution in [0.4, 0.5) is 5.95 Å². The maximum absolute atomic E-state index is 12.5. The van der Waals surface area contributed by atoms with Crippen molar-refractivity contribution in [2.75, 3.05) is 37.6 Å². The van der Waals surface area contributed by atoms with Gasteiger partial charge < -0.3 is 19.9 Å². The Morgan fingerprint density at radius 1 is 1.06 bits per heavy atom. The zero-order chi connectivity index (χ0) is 22.3. The summed E-state index contributed by atoms with van der Waals surface area (Å²) in [5.41, 5.74) is 4.29. The number of amides is 1. The minimum atomic E-state index is 0.0643. The highest BCUT2D eigenvalue weighted by Crippen LogP contribution is 2.18. The molecular weight excluding hydrogens is 402 g/mol. The van der Waals surface area contributed by atoms with Gasteiger partial charge in [-0.05, 0) is 43.5 Å². The van der Waals surface area contributed by atoms with E-state index in [0.29, 0.717) is 19.7 Å². The Bertz CT molecular complexity index is 982. The molecule has 1 aliphatic rings. The number of H-pyrrole nitrogens is 1. The number of imidazole rings is 1. The fourth-order valence-electron chi connectivity index (χ4n) is 3.91. The Kier molecular flexibility index (Phi) is 7.39. The highest BCUT2D eigenvalue weighted by atomic mass is 16.5. The Morgan fingerprint density at radius 3 is 2.62 bits per heavy atom. The Balaban J connectivity index is 1.22. The first-order chi connectivity index (χ1) is 15.6. The van der Waals surface area contributed by atoms with Gasteiger partial charge in [0.2, 0.25) is 11.9 Å². The number of nitrogens with zero attached hydrogens (tertiary/aromatic N) is 3. The van der Waals surface area contributed by atoms with Crippen LogP contribution < -0.4 is 10.2 Å². The first-order valence-corrected chi connectivity index (χ1v) is 11.4. The lowest BCUT2D eigenvalue weighted by Gasteiger charge is -2.21. The molecule has 1 amide bonds. The van der Waals surface area contributed by atoms with Crippen molar-refractivity contribution in [3.63, 3.8) is 0 Å². The third-order valence-electron chi connectivity index (χ3n) is 5.73. The van der Waals surface area contributed by atoms with Crippen molar-refractivity contribution in [2.45, 2.75) is 39.5 Å². The molecule has 0 radical (unpaired) electrons. The SMILES string of the molecule is CC(C)OCc1ccc(CNC(=O)CN2CCCN(c3nc4ccccc4[nH]3)CC2)cc1. The number of aromatic amines is 1. The number of rotatable bonds is 8. The summed E-state index contributed by atoms with van der Waals surface area (Å²) in [6.45, 7) is 9.19. The van der Waals surface area contributed by atoms with Crippen molar-refractivity contribution in [3.05, 3.63) is 59.7 Å². The van der Waals surface area contributed by atoms with Crippen molar-refractivity contribution in [3.8, 4) is 0 Å². The number of anilines is 1. The number of ether oxygens (including phenoxy) is 1. The Hall–Kier alpha value is -2.90. The van der Waals surface area contributed by atoms with E-state index in [1.54, 1.807) is 0 Å². The van der Waals surface area contributed by atoms with Gasteiger partial charge in [-0.3, -0.25) is 9.69 Å². The summed E-state index contributed by atoms with van der Waals surface area (Å²) in [7, 11) is 0. The molecule has 0 bridgehead atoms. The molecule has 0 spiro atoms. The molecule has 1 saturated heterocycles. The van der Waals surface area contributed by atoms with Crippen LogP contribution in [-0.4, -0.2) is 59.6 Å². The van der Waals surface area contributed by atoms with Crippen molar-refractivity contribution in [2.24, 2.45) is 0 Å². The van der Waals surface area contributed by atoms with E-state index in [1.807, 2.05) is 38.1 Å². The number of hydrogen-bond donors (Lipinski definition) is 2. The molecule has 4 rings (SSSR count). The smallest absolute Gasteiger partial charge is 0.234 e. The van der Waals surface area contributed by atoms with Crippen LogP contribution in [0.3, 0.4) is 0 Å². The molecule has 2 N–H and O–H groups in total. The van der Waals surface area contributed by atoms with Crippen molar-refractivity contribution in [1.82, 2.24) is 20.2 Å². The molecule has 170 valence electrons. The quantitative estimate of drug-likeness (QED) is 0.568. The van der Waals surface area contributed by atoms with Crippen molar-refractivity contribution < 1.29 is 9.53 Å². The molecule has 1 fully saturated rings.